The van der Waals surface area contributed by atoms with Crippen molar-refractivity contribution in [3.8, 4) is 11.4 Å². The third-order valence-corrected chi connectivity index (χ3v) is 5.26. The lowest BCUT2D eigenvalue weighted by Gasteiger charge is -2.16. The Hall–Kier alpha value is -4.46. The molecule has 0 fully saturated rings. The molecule has 0 saturated heterocycles. The van der Waals surface area contributed by atoms with Crippen LogP contribution in [0.5, 0.6) is 0 Å². The second-order valence-electron chi connectivity index (χ2n) is 7.96. The fraction of sp³-hybridized carbons (Fsp3) is 0.185. The van der Waals surface area contributed by atoms with E-state index in [9.17, 15) is 9.59 Å². The van der Waals surface area contributed by atoms with Gasteiger partial charge in [-0.1, -0.05) is 59.3 Å². The highest BCUT2D eigenvalue weighted by atomic mass is 16.5. The first-order valence-electron chi connectivity index (χ1n) is 11.3. The van der Waals surface area contributed by atoms with Crippen molar-refractivity contribution in [1.82, 2.24) is 15.5 Å². The van der Waals surface area contributed by atoms with Gasteiger partial charge in [0, 0.05) is 17.7 Å². The Morgan fingerprint density at radius 2 is 1.77 bits per heavy atom. The van der Waals surface area contributed by atoms with E-state index < -0.39 is 18.0 Å². The molecular weight excluding hydrogens is 444 g/mol. The van der Waals surface area contributed by atoms with Gasteiger partial charge in [-0.2, -0.15) is 4.98 Å². The zero-order valence-electron chi connectivity index (χ0n) is 19.5. The summed E-state index contributed by atoms with van der Waals surface area (Å²) in [6.07, 6.45) is 0.464. The van der Waals surface area contributed by atoms with Crippen molar-refractivity contribution in [1.29, 1.82) is 0 Å². The average molecular weight is 471 g/mol. The topological polar surface area (TPSA) is 106 Å². The number of nitrogens with one attached hydrogen (secondary N) is 2. The molecule has 0 saturated carbocycles. The maximum absolute atomic E-state index is 12.8. The van der Waals surface area contributed by atoms with E-state index in [4.69, 9.17) is 9.26 Å². The Kier molecular flexibility index (Phi) is 7.52. The fourth-order valence-corrected chi connectivity index (χ4v) is 3.56. The summed E-state index contributed by atoms with van der Waals surface area (Å²) in [6.45, 7) is 4.04. The number of anilines is 1. The number of ether oxygens (including phenoxy) is 1. The molecule has 0 aliphatic heterocycles. The summed E-state index contributed by atoms with van der Waals surface area (Å²) < 4.78 is 10.5. The van der Waals surface area contributed by atoms with Gasteiger partial charge < -0.3 is 19.9 Å². The van der Waals surface area contributed by atoms with Crippen LogP contribution in [0.15, 0.2) is 83.4 Å². The highest BCUT2D eigenvalue weighted by Crippen LogP contribution is 2.22. The van der Waals surface area contributed by atoms with Crippen LogP contribution in [0.2, 0.25) is 0 Å². The molecule has 1 aromatic heterocycles. The molecule has 8 heteroatoms. The predicted molar refractivity (Wildman–Crippen MR) is 132 cm³/mol. The number of rotatable bonds is 8. The first kappa shape index (κ1) is 23.7. The molecule has 35 heavy (non-hydrogen) atoms. The molecule has 1 heterocycles. The SMILES string of the molecule is CCOC(=O)c1ccc(NC(=O)NC(Cc2ccccc2)c2nc(-c3cccc(C)c3)no2)cc1. The van der Waals surface area contributed by atoms with E-state index in [0.717, 1.165) is 16.7 Å². The zero-order valence-corrected chi connectivity index (χ0v) is 19.5. The van der Waals surface area contributed by atoms with Gasteiger partial charge in [0.15, 0.2) is 0 Å². The van der Waals surface area contributed by atoms with Gasteiger partial charge in [-0.05, 0) is 49.7 Å². The van der Waals surface area contributed by atoms with E-state index in [1.54, 1.807) is 31.2 Å². The van der Waals surface area contributed by atoms with Crippen molar-refractivity contribution in [3.05, 3.63) is 101 Å². The standard InChI is InChI=1S/C27H26N4O4/c1-3-34-26(32)20-12-14-22(15-13-20)28-27(33)29-23(17-19-9-5-4-6-10-19)25-30-24(31-35-25)21-11-7-8-18(2)16-21/h4-16,23H,3,17H2,1-2H3,(H2,28,29,33). The van der Waals surface area contributed by atoms with Crippen molar-refractivity contribution in [2.24, 2.45) is 0 Å². The van der Waals surface area contributed by atoms with Crippen LogP contribution >= 0.6 is 0 Å². The smallest absolute Gasteiger partial charge is 0.338 e. The minimum Gasteiger partial charge on any atom is -0.462 e. The predicted octanol–water partition coefficient (Wildman–Crippen LogP) is 5.33. The second kappa shape index (κ2) is 11.1. The highest BCUT2D eigenvalue weighted by Gasteiger charge is 2.22. The molecule has 0 aliphatic rings. The largest absolute Gasteiger partial charge is 0.462 e. The molecule has 1 atom stereocenters. The van der Waals surface area contributed by atoms with E-state index in [1.807, 2.05) is 61.5 Å². The van der Waals surface area contributed by atoms with Crippen molar-refractivity contribution in [2.45, 2.75) is 26.3 Å². The van der Waals surface area contributed by atoms with E-state index in [0.29, 0.717) is 36.0 Å². The first-order valence-corrected chi connectivity index (χ1v) is 11.3. The lowest BCUT2D eigenvalue weighted by Crippen LogP contribution is -2.34. The minimum absolute atomic E-state index is 0.297. The monoisotopic (exact) mass is 470 g/mol. The highest BCUT2D eigenvalue weighted by molar-refractivity contribution is 5.92. The number of hydrogen-bond acceptors (Lipinski definition) is 6. The van der Waals surface area contributed by atoms with Gasteiger partial charge >= 0.3 is 12.0 Å². The van der Waals surface area contributed by atoms with Crippen LogP contribution in [0.3, 0.4) is 0 Å². The molecule has 1 unspecified atom stereocenters. The van der Waals surface area contributed by atoms with Crippen LogP contribution in [-0.2, 0) is 11.2 Å². The Balaban J connectivity index is 1.50. The number of aromatic nitrogens is 2. The third-order valence-electron chi connectivity index (χ3n) is 5.26. The Labute approximate surface area is 203 Å². The summed E-state index contributed by atoms with van der Waals surface area (Å²) in [5.41, 5.74) is 3.87. The average Bonchev–Trinajstić information content (AvgIpc) is 3.35. The molecule has 0 radical (unpaired) electrons. The van der Waals surface area contributed by atoms with Crippen molar-refractivity contribution >= 4 is 17.7 Å². The number of aryl methyl sites for hydroxylation is 1. The van der Waals surface area contributed by atoms with Crippen molar-refractivity contribution < 1.29 is 18.8 Å². The van der Waals surface area contributed by atoms with Crippen LogP contribution in [0.4, 0.5) is 10.5 Å². The Bertz CT molecular complexity index is 1290. The number of hydrogen-bond donors (Lipinski definition) is 2. The second-order valence-corrected chi connectivity index (χ2v) is 7.96. The maximum atomic E-state index is 12.8. The number of amides is 2. The first-order chi connectivity index (χ1) is 17.0. The number of esters is 1. The van der Waals surface area contributed by atoms with Gasteiger partial charge in [0.1, 0.15) is 6.04 Å². The molecule has 0 bridgehead atoms. The van der Waals surface area contributed by atoms with Gasteiger partial charge in [-0.3, -0.25) is 0 Å². The van der Waals surface area contributed by atoms with E-state index in [1.165, 1.54) is 0 Å². The molecular formula is C27H26N4O4. The molecule has 4 rings (SSSR count). The number of carbonyl (C=O) groups excluding carboxylic acids is 2. The zero-order chi connectivity index (χ0) is 24.6. The summed E-state index contributed by atoms with van der Waals surface area (Å²) in [4.78, 5) is 29.2. The molecule has 2 amide bonds. The van der Waals surface area contributed by atoms with Gasteiger partial charge in [0.05, 0.1) is 12.2 Å². The number of nitrogens with zero attached hydrogens (tertiary/aromatic N) is 2. The van der Waals surface area contributed by atoms with Gasteiger partial charge in [-0.15, -0.1) is 0 Å². The summed E-state index contributed by atoms with van der Waals surface area (Å²) in [5.74, 6) is 0.351. The Morgan fingerprint density at radius 1 is 1.00 bits per heavy atom. The maximum Gasteiger partial charge on any atom is 0.338 e. The van der Waals surface area contributed by atoms with Gasteiger partial charge in [-0.25, -0.2) is 9.59 Å². The van der Waals surface area contributed by atoms with Crippen LogP contribution in [0, 0.1) is 6.92 Å². The number of urea groups is 1. The van der Waals surface area contributed by atoms with Gasteiger partial charge in [0.2, 0.25) is 11.7 Å². The molecule has 0 aliphatic carbocycles. The minimum atomic E-state index is -0.553. The lowest BCUT2D eigenvalue weighted by atomic mass is 10.1. The van der Waals surface area contributed by atoms with Crippen molar-refractivity contribution in [2.75, 3.05) is 11.9 Å². The summed E-state index contributed by atoms with van der Waals surface area (Å²) in [5, 5.41) is 9.83. The summed E-state index contributed by atoms with van der Waals surface area (Å²) in [7, 11) is 0. The van der Waals surface area contributed by atoms with E-state index in [-0.39, 0.29) is 0 Å². The van der Waals surface area contributed by atoms with Crippen LogP contribution < -0.4 is 10.6 Å². The summed E-state index contributed by atoms with van der Waals surface area (Å²) >= 11 is 0. The molecule has 0 spiro atoms. The molecule has 2 N–H and O–H groups in total. The molecule has 3 aromatic carbocycles. The van der Waals surface area contributed by atoms with Gasteiger partial charge in [0.25, 0.3) is 0 Å². The Morgan fingerprint density at radius 3 is 2.49 bits per heavy atom. The quantitative estimate of drug-likeness (QED) is 0.337. The number of benzene rings is 3. The van der Waals surface area contributed by atoms with E-state index in [2.05, 4.69) is 20.8 Å². The lowest BCUT2D eigenvalue weighted by molar-refractivity contribution is 0.0526. The number of carbonyl (C=O) groups is 2. The molecule has 8 nitrogen and oxygen atoms in total. The van der Waals surface area contributed by atoms with Crippen LogP contribution in [0.25, 0.3) is 11.4 Å². The third kappa shape index (κ3) is 6.32. The van der Waals surface area contributed by atoms with E-state index >= 15 is 0 Å². The van der Waals surface area contributed by atoms with Crippen molar-refractivity contribution in [3.63, 3.8) is 0 Å². The summed E-state index contributed by atoms with van der Waals surface area (Å²) in [6, 6.07) is 23.0. The molecule has 4 aromatic rings. The van der Waals surface area contributed by atoms with Crippen LogP contribution in [0.1, 0.15) is 40.3 Å². The normalized spacial score (nSPS) is 11.5. The fourth-order valence-electron chi connectivity index (χ4n) is 3.56. The van der Waals surface area contributed by atoms with Crippen LogP contribution in [-0.4, -0.2) is 28.7 Å². The molecule has 178 valence electrons.